The molecule has 0 aliphatic rings. The van der Waals surface area contributed by atoms with E-state index in [-0.39, 0.29) is 18.6 Å². The number of nitriles is 1. The summed E-state index contributed by atoms with van der Waals surface area (Å²) in [4.78, 5) is 11.0. The van der Waals surface area contributed by atoms with Crippen LogP contribution in [0.3, 0.4) is 0 Å². The van der Waals surface area contributed by atoms with E-state index >= 15 is 0 Å². The Morgan fingerprint density at radius 3 is 2.25 bits per heavy atom. The van der Waals surface area contributed by atoms with Gasteiger partial charge in [0.05, 0.1) is 18.1 Å². The number of carbonyl (C=O) groups is 1. The van der Waals surface area contributed by atoms with Crippen LogP contribution in [0.1, 0.15) is 17.5 Å². The number of benzene rings is 1. The maximum absolute atomic E-state index is 12.2. The Bertz CT molecular complexity index is 414. The van der Waals surface area contributed by atoms with Gasteiger partial charge in [0.2, 0.25) is 0 Å². The first-order valence-corrected chi connectivity index (χ1v) is 4.48. The Labute approximate surface area is 90.3 Å². The highest BCUT2D eigenvalue weighted by Gasteiger charge is 2.29. The van der Waals surface area contributed by atoms with Crippen molar-refractivity contribution in [2.24, 2.45) is 0 Å². The highest BCUT2D eigenvalue weighted by molar-refractivity contribution is 5.82. The lowest BCUT2D eigenvalue weighted by molar-refractivity contribution is -0.137. The molecule has 0 spiro atoms. The zero-order valence-electron chi connectivity index (χ0n) is 8.21. The molecule has 0 atom stereocenters. The summed E-state index contributed by atoms with van der Waals surface area (Å²) in [6.45, 7) is 0. The van der Waals surface area contributed by atoms with Crippen molar-refractivity contribution in [3.63, 3.8) is 0 Å². The third-order valence-electron chi connectivity index (χ3n) is 1.96. The molecule has 0 radical (unpaired) electrons. The number of nitrogens with zero attached hydrogens (tertiary/aromatic N) is 1. The molecule has 16 heavy (non-hydrogen) atoms. The summed E-state index contributed by atoms with van der Waals surface area (Å²) in [5.41, 5.74) is -0.266. The van der Waals surface area contributed by atoms with Gasteiger partial charge < -0.3 is 0 Å². The van der Waals surface area contributed by atoms with Crippen molar-refractivity contribution in [3.8, 4) is 6.07 Å². The molecule has 0 aromatic heterocycles. The number of carbonyl (C=O) groups excluding carboxylic acids is 1. The van der Waals surface area contributed by atoms with Crippen molar-refractivity contribution < 1.29 is 18.0 Å². The van der Waals surface area contributed by atoms with Gasteiger partial charge in [-0.15, -0.1) is 0 Å². The summed E-state index contributed by atoms with van der Waals surface area (Å²) in [5.74, 6) is -0.303. The minimum atomic E-state index is -4.37. The normalized spacial score (nSPS) is 10.9. The van der Waals surface area contributed by atoms with Gasteiger partial charge in [-0.05, 0) is 17.7 Å². The van der Waals surface area contributed by atoms with Crippen molar-refractivity contribution in [1.82, 2.24) is 0 Å². The van der Waals surface area contributed by atoms with Crippen LogP contribution in [-0.4, -0.2) is 5.78 Å². The lowest BCUT2D eigenvalue weighted by Gasteiger charge is -2.06. The summed E-state index contributed by atoms with van der Waals surface area (Å²) < 4.78 is 36.6. The minimum Gasteiger partial charge on any atom is -0.298 e. The largest absolute Gasteiger partial charge is 0.416 e. The summed E-state index contributed by atoms with van der Waals surface area (Å²) >= 11 is 0. The molecule has 1 aromatic carbocycles. The number of alkyl halides is 3. The molecular formula is C11H8F3NO. The second kappa shape index (κ2) is 4.79. The number of Topliss-reactive ketones (excluding diaryl/α,β-unsaturated/α-hetero) is 1. The predicted octanol–water partition coefficient (Wildman–Crippen LogP) is 2.73. The van der Waals surface area contributed by atoms with E-state index in [9.17, 15) is 18.0 Å². The Kier molecular flexibility index (Phi) is 3.67. The van der Waals surface area contributed by atoms with Gasteiger partial charge in [0, 0.05) is 6.42 Å². The number of ketones is 1. The zero-order chi connectivity index (χ0) is 12.2. The Balaban J connectivity index is 2.73. The number of halogens is 3. The quantitative estimate of drug-likeness (QED) is 0.796. The molecule has 0 bridgehead atoms. The van der Waals surface area contributed by atoms with Crippen molar-refractivity contribution in [3.05, 3.63) is 35.4 Å². The smallest absolute Gasteiger partial charge is 0.298 e. The van der Waals surface area contributed by atoms with Gasteiger partial charge in [-0.25, -0.2) is 0 Å². The van der Waals surface area contributed by atoms with E-state index < -0.39 is 11.7 Å². The Morgan fingerprint density at radius 2 is 1.81 bits per heavy atom. The highest BCUT2D eigenvalue weighted by Crippen LogP contribution is 2.29. The molecule has 2 nitrogen and oxygen atoms in total. The molecule has 1 aromatic rings. The highest BCUT2D eigenvalue weighted by atomic mass is 19.4. The van der Waals surface area contributed by atoms with E-state index in [0.717, 1.165) is 12.1 Å². The first-order valence-electron chi connectivity index (χ1n) is 4.48. The van der Waals surface area contributed by atoms with Crippen LogP contribution in [0.25, 0.3) is 0 Å². The fraction of sp³-hybridized carbons (Fsp3) is 0.273. The van der Waals surface area contributed by atoms with Crippen LogP contribution in [0.2, 0.25) is 0 Å². The predicted molar refractivity (Wildman–Crippen MR) is 50.4 cm³/mol. The van der Waals surface area contributed by atoms with E-state index in [2.05, 4.69) is 0 Å². The molecule has 0 saturated carbocycles. The minimum absolute atomic E-state index is 0.00824. The summed E-state index contributed by atoms with van der Waals surface area (Å²) in [6, 6.07) is 6.04. The van der Waals surface area contributed by atoms with Crippen molar-refractivity contribution in [1.29, 1.82) is 5.26 Å². The molecule has 0 unspecified atom stereocenters. The van der Waals surface area contributed by atoms with Crippen molar-refractivity contribution >= 4 is 5.78 Å². The number of rotatable bonds is 3. The molecule has 1 rings (SSSR count). The topological polar surface area (TPSA) is 40.9 Å². The molecule has 0 aliphatic heterocycles. The molecule has 0 aliphatic carbocycles. The maximum atomic E-state index is 12.2. The summed E-state index contributed by atoms with van der Waals surface area (Å²) in [5, 5.41) is 8.25. The Morgan fingerprint density at radius 1 is 1.25 bits per heavy atom. The van der Waals surface area contributed by atoms with E-state index in [1.165, 1.54) is 12.1 Å². The van der Waals surface area contributed by atoms with Gasteiger partial charge >= 0.3 is 6.18 Å². The molecule has 0 N–H and O–H groups in total. The van der Waals surface area contributed by atoms with Crippen LogP contribution in [0.5, 0.6) is 0 Å². The van der Waals surface area contributed by atoms with E-state index in [4.69, 9.17) is 5.26 Å². The van der Waals surface area contributed by atoms with Crippen LogP contribution < -0.4 is 0 Å². The number of hydrogen-bond acceptors (Lipinski definition) is 2. The maximum Gasteiger partial charge on any atom is 0.416 e. The van der Waals surface area contributed by atoms with Gasteiger partial charge in [0.15, 0.2) is 5.78 Å². The van der Waals surface area contributed by atoms with Crippen LogP contribution in [0.15, 0.2) is 24.3 Å². The second-order valence-corrected chi connectivity index (χ2v) is 3.25. The molecule has 0 heterocycles. The molecule has 0 fully saturated rings. The van der Waals surface area contributed by atoms with Gasteiger partial charge in [0.1, 0.15) is 0 Å². The van der Waals surface area contributed by atoms with Crippen molar-refractivity contribution in [2.75, 3.05) is 0 Å². The van der Waals surface area contributed by atoms with E-state index in [1.807, 2.05) is 0 Å². The number of hydrogen-bond donors (Lipinski definition) is 0. The van der Waals surface area contributed by atoms with Gasteiger partial charge in [0.25, 0.3) is 0 Å². The monoisotopic (exact) mass is 227 g/mol. The third-order valence-corrected chi connectivity index (χ3v) is 1.96. The molecule has 84 valence electrons. The molecular weight excluding hydrogens is 219 g/mol. The lowest BCUT2D eigenvalue weighted by Crippen LogP contribution is -2.06. The first-order chi connectivity index (χ1) is 7.43. The zero-order valence-corrected chi connectivity index (χ0v) is 8.21. The van der Waals surface area contributed by atoms with Crippen LogP contribution in [0.4, 0.5) is 13.2 Å². The average Bonchev–Trinajstić information content (AvgIpc) is 2.17. The van der Waals surface area contributed by atoms with E-state index in [0.29, 0.717) is 5.56 Å². The van der Waals surface area contributed by atoms with Crippen LogP contribution in [0, 0.1) is 11.3 Å². The lowest BCUT2D eigenvalue weighted by atomic mass is 10.1. The van der Waals surface area contributed by atoms with Crippen LogP contribution >= 0.6 is 0 Å². The van der Waals surface area contributed by atoms with Crippen LogP contribution in [-0.2, 0) is 17.4 Å². The fourth-order valence-corrected chi connectivity index (χ4v) is 1.19. The first kappa shape index (κ1) is 12.2. The standard InChI is InChI=1S/C11H8F3NO/c12-11(13,14)9-3-1-8(2-4-9)7-10(16)5-6-15/h1-4H,5,7H2. The summed E-state index contributed by atoms with van der Waals surface area (Å²) in [7, 11) is 0. The molecule has 5 heteroatoms. The SMILES string of the molecule is N#CCC(=O)Cc1ccc(C(F)(F)F)cc1. The molecule has 0 saturated heterocycles. The summed E-state index contributed by atoms with van der Waals surface area (Å²) in [6.07, 6.45) is -4.60. The van der Waals surface area contributed by atoms with Gasteiger partial charge in [-0.1, -0.05) is 12.1 Å². The van der Waals surface area contributed by atoms with Gasteiger partial charge in [-0.2, -0.15) is 18.4 Å². The second-order valence-electron chi connectivity index (χ2n) is 3.25. The van der Waals surface area contributed by atoms with Crippen molar-refractivity contribution in [2.45, 2.75) is 19.0 Å². The third kappa shape index (κ3) is 3.39. The van der Waals surface area contributed by atoms with E-state index in [1.54, 1.807) is 6.07 Å². The fourth-order valence-electron chi connectivity index (χ4n) is 1.19. The molecule has 0 amide bonds. The van der Waals surface area contributed by atoms with Gasteiger partial charge in [-0.3, -0.25) is 4.79 Å². The average molecular weight is 227 g/mol. The Hall–Kier alpha value is -1.83.